The number of sulfonamides is 1. The van der Waals surface area contributed by atoms with Gasteiger partial charge in [0.15, 0.2) is 17.7 Å². The van der Waals surface area contributed by atoms with E-state index in [4.69, 9.17) is 4.74 Å². The van der Waals surface area contributed by atoms with Crippen molar-refractivity contribution in [2.45, 2.75) is 19.4 Å². The average Bonchev–Trinajstić information content (AvgIpc) is 2.64. The maximum Gasteiger partial charge on any atom is 0.338 e. The molecule has 0 spiro atoms. The van der Waals surface area contributed by atoms with E-state index >= 15 is 0 Å². The molecule has 7 nitrogen and oxygen atoms in total. The number of halogens is 2. The predicted molar refractivity (Wildman–Crippen MR) is 103 cm³/mol. The lowest BCUT2D eigenvalue weighted by Gasteiger charge is -2.14. The molecule has 0 saturated heterocycles. The molecule has 0 unspecified atom stereocenters. The van der Waals surface area contributed by atoms with Crippen molar-refractivity contribution < 1.29 is 31.5 Å². The number of carbonyl (C=O) groups excluding carboxylic acids is 2. The van der Waals surface area contributed by atoms with Gasteiger partial charge in [0.1, 0.15) is 0 Å². The fourth-order valence-corrected chi connectivity index (χ4v) is 2.76. The molecule has 2 N–H and O–H groups in total. The van der Waals surface area contributed by atoms with E-state index in [1.54, 1.807) is 12.1 Å². The van der Waals surface area contributed by atoms with Crippen molar-refractivity contribution in [3.63, 3.8) is 0 Å². The summed E-state index contributed by atoms with van der Waals surface area (Å²) in [4.78, 5) is 24.2. The number of rotatable bonds is 8. The summed E-state index contributed by atoms with van der Waals surface area (Å²) in [5.41, 5.74) is 1.04. The van der Waals surface area contributed by atoms with E-state index in [1.165, 1.54) is 25.1 Å². The van der Waals surface area contributed by atoms with E-state index in [0.717, 1.165) is 24.0 Å². The van der Waals surface area contributed by atoms with E-state index in [0.29, 0.717) is 6.42 Å². The standard InChI is InChI=1S/C19H20F2N2O5S/c1-12(18(24)23-15-7-8-16(20)17(21)11-15)28-19(25)14-5-3-13(4-6-14)9-10-22-29(2,26)27/h3-8,11-12,22H,9-10H2,1-2H3,(H,23,24)/t12-/m1/s1. The third-order valence-electron chi connectivity index (χ3n) is 3.81. The Morgan fingerprint density at radius 3 is 2.31 bits per heavy atom. The van der Waals surface area contributed by atoms with Crippen LogP contribution in [0.15, 0.2) is 42.5 Å². The molecule has 0 aliphatic rings. The summed E-state index contributed by atoms with van der Waals surface area (Å²) in [5.74, 6) is -3.59. The molecular weight excluding hydrogens is 406 g/mol. The Morgan fingerprint density at radius 2 is 1.72 bits per heavy atom. The fourth-order valence-electron chi connectivity index (χ4n) is 2.29. The zero-order valence-corrected chi connectivity index (χ0v) is 16.6. The summed E-state index contributed by atoms with van der Waals surface area (Å²) in [6.07, 6.45) is 0.333. The lowest BCUT2D eigenvalue weighted by atomic mass is 10.1. The van der Waals surface area contributed by atoms with Gasteiger partial charge < -0.3 is 10.1 Å². The van der Waals surface area contributed by atoms with Crippen molar-refractivity contribution in [1.82, 2.24) is 4.72 Å². The molecule has 29 heavy (non-hydrogen) atoms. The van der Waals surface area contributed by atoms with Crippen LogP contribution in [0.3, 0.4) is 0 Å². The number of benzene rings is 2. The van der Waals surface area contributed by atoms with Gasteiger partial charge in [-0.3, -0.25) is 4.79 Å². The minimum atomic E-state index is -3.27. The topological polar surface area (TPSA) is 102 Å². The third-order valence-corrected chi connectivity index (χ3v) is 4.54. The minimum Gasteiger partial charge on any atom is -0.449 e. The fraction of sp³-hybridized carbons (Fsp3) is 0.263. The first-order valence-electron chi connectivity index (χ1n) is 8.55. The number of ether oxygens (including phenoxy) is 1. The Bertz CT molecular complexity index is 994. The van der Waals surface area contributed by atoms with Crippen molar-refractivity contribution in [2.24, 2.45) is 0 Å². The summed E-state index contributed by atoms with van der Waals surface area (Å²) in [6, 6.07) is 9.16. The van der Waals surface area contributed by atoms with Crippen LogP contribution in [0.5, 0.6) is 0 Å². The SMILES string of the molecule is C[C@@H](OC(=O)c1ccc(CCNS(C)(=O)=O)cc1)C(=O)Nc1ccc(F)c(F)c1. The van der Waals surface area contributed by atoms with Gasteiger partial charge >= 0.3 is 5.97 Å². The molecule has 2 aromatic carbocycles. The minimum absolute atomic E-state index is 0.0313. The van der Waals surface area contributed by atoms with Crippen LogP contribution >= 0.6 is 0 Å². The second-order valence-electron chi connectivity index (χ2n) is 6.28. The molecule has 1 atom stereocenters. The summed E-state index contributed by atoms with van der Waals surface area (Å²) in [5, 5.41) is 2.33. The van der Waals surface area contributed by atoms with Gasteiger partial charge in [-0.25, -0.2) is 26.7 Å². The molecule has 0 bridgehead atoms. The van der Waals surface area contributed by atoms with Gasteiger partial charge in [0, 0.05) is 18.3 Å². The maximum atomic E-state index is 13.2. The average molecular weight is 426 g/mol. The van der Waals surface area contributed by atoms with Gasteiger partial charge in [0.2, 0.25) is 10.0 Å². The Kier molecular flexibility index (Phi) is 7.40. The summed E-state index contributed by atoms with van der Waals surface area (Å²) in [7, 11) is -3.27. The molecule has 10 heteroatoms. The van der Waals surface area contributed by atoms with Gasteiger partial charge in [-0.1, -0.05) is 12.1 Å². The second kappa shape index (κ2) is 9.57. The maximum absolute atomic E-state index is 13.2. The molecule has 0 radical (unpaired) electrons. The molecule has 0 saturated carbocycles. The van der Waals surface area contributed by atoms with Crippen LogP contribution < -0.4 is 10.0 Å². The second-order valence-corrected chi connectivity index (χ2v) is 8.11. The normalized spacial score (nSPS) is 12.3. The monoisotopic (exact) mass is 426 g/mol. The Labute approximate surface area is 167 Å². The van der Waals surface area contributed by atoms with Crippen LogP contribution in [-0.2, 0) is 26.0 Å². The van der Waals surface area contributed by atoms with E-state index < -0.39 is 39.6 Å². The molecule has 2 aromatic rings. The number of carbonyl (C=O) groups is 2. The number of nitrogens with one attached hydrogen (secondary N) is 2. The van der Waals surface area contributed by atoms with Gasteiger partial charge in [0.25, 0.3) is 5.91 Å². The number of hydrogen-bond donors (Lipinski definition) is 2. The molecule has 2 rings (SSSR count). The summed E-state index contributed by atoms with van der Waals surface area (Å²) < 4.78 is 55.6. The highest BCUT2D eigenvalue weighted by molar-refractivity contribution is 7.88. The Balaban J connectivity index is 1.89. The Hall–Kier alpha value is -2.85. The third kappa shape index (κ3) is 7.24. The number of amides is 1. The van der Waals surface area contributed by atoms with Gasteiger partial charge in [-0.2, -0.15) is 0 Å². The quantitative estimate of drug-likeness (QED) is 0.631. The highest BCUT2D eigenvalue weighted by Gasteiger charge is 2.19. The molecule has 0 aliphatic carbocycles. The summed E-state index contributed by atoms with van der Waals surface area (Å²) >= 11 is 0. The summed E-state index contributed by atoms with van der Waals surface area (Å²) in [6.45, 7) is 1.57. The van der Waals surface area contributed by atoms with E-state index in [-0.39, 0.29) is 17.8 Å². The van der Waals surface area contributed by atoms with Crippen LogP contribution in [-0.4, -0.2) is 39.2 Å². The van der Waals surface area contributed by atoms with Crippen molar-refractivity contribution in [1.29, 1.82) is 0 Å². The van der Waals surface area contributed by atoms with E-state index in [2.05, 4.69) is 10.0 Å². The first-order chi connectivity index (χ1) is 13.5. The van der Waals surface area contributed by atoms with Crippen LogP contribution in [0, 0.1) is 11.6 Å². The number of hydrogen-bond acceptors (Lipinski definition) is 5. The van der Waals surface area contributed by atoms with Crippen molar-refractivity contribution in [3.8, 4) is 0 Å². The van der Waals surface area contributed by atoms with E-state index in [1.807, 2.05) is 0 Å². The van der Waals surface area contributed by atoms with E-state index in [9.17, 15) is 26.8 Å². The van der Waals surface area contributed by atoms with Crippen LogP contribution in [0.4, 0.5) is 14.5 Å². The highest BCUT2D eigenvalue weighted by Crippen LogP contribution is 2.14. The highest BCUT2D eigenvalue weighted by atomic mass is 32.2. The lowest BCUT2D eigenvalue weighted by Crippen LogP contribution is -2.30. The first kappa shape index (κ1) is 22.4. The molecular formula is C19H20F2N2O5S. The van der Waals surface area contributed by atoms with Gasteiger partial charge in [-0.05, 0) is 43.2 Å². The number of esters is 1. The number of anilines is 1. The van der Waals surface area contributed by atoms with Crippen LogP contribution in [0.2, 0.25) is 0 Å². The molecule has 0 heterocycles. The van der Waals surface area contributed by atoms with Crippen LogP contribution in [0.1, 0.15) is 22.8 Å². The van der Waals surface area contributed by atoms with Crippen LogP contribution in [0.25, 0.3) is 0 Å². The first-order valence-corrected chi connectivity index (χ1v) is 10.4. The van der Waals surface area contributed by atoms with Gasteiger partial charge in [0.05, 0.1) is 11.8 Å². The Morgan fingerprint density at radius 1 is 1.07 bits per heavy atom. The largest absolute Gasteiger partial charge is 0.449 e. The molecule has 1 amide bonds. The van der Waals surface area contributed by atoms with Crippen molar-refractivity contribution >= 4 is 27.6 Å². The van der Waals surface area contributed by atoms with Gasteiger partial charge in [-0.15, -0.1) is 0 Å². The molecule has 156 valence electrons. The smallest absolute Gasteiger partial charge is 0.338 e. The lowest BCUT2D eigenvalue weighted by molar-refractivity contribution is -0.123. The predicted octanol–water partition coefficient (Wildman–Crippen LogP) is 2.24. The zero-order valence-electron chi connectivity index (χ0n) is 15.7. The zero-order chi connectivity index (χ0) is 21.6. The molecule has 0 aliphatic heterocycles. The molecule has 0 fully saturated rings. The molecule has 0 aromatic heterocycles. The van der Waals surface area contributed by atoms with Crippen molar-refractivity contribution in [3.05, 3.63) is 65.2 Å². The van der Waals surface area contributed by atoms with Crippen molar-refractivity contribution in [2.75, 3.05) is 18.1 Å².